The van der Waals surface area contributed by atoms with Gasteiger partial charge in [0, 0.05) is 5.38 Å². The molecular formula is C4H2N2O3S. The SMILES string of the molecule is O=C(c1cnsc1)[N+](=O)[O-]. The Bertz CT molecular complexity index is 255. The molecule has 1 heterocycles. The lowest BCUT2D eigenvalue weighted by Gasteiger charge is -1.81. The number of rotatable bonds is 1. The van der Waals surface area contributed by atoms with E-state index in [4.69, 9.17) is 0 Å². The minimum atomic E-state index is -1.10. The first-order valence-corrected chi connectivity index (χ1v) is 3.13. The zero-order valence-corrected chi connectivity index (χ0v) is 5.50. The summed E-state index contributed by atoms with van der Waals surface area (Å²) in [6, 6.07) is 0. The van der Waals surface area contributed by atoms with Crippen LogP contribution < -0.4 is 0 Å². The van der Waals surface area contributed by atoms with Crippen LogP contribution in [0, 0.1) is 10.1 Å². The van der Waals surface area contributed by atoms with Crippen LogP contribution in [0.25, 0.3) is 0 Å². The maximum atomic E-state index is 10.5. The number of nitro groups is 1. The summed E-state index contributed by atoms with van der Waals surface area (Å²) in [6.45, 7) is 0. The fraction of sp³-hybridized carbons (Fsp3) is 0. The van der Waals surface area contributed by atoms with Crippen LogP contribution in [-0.2, 0) is 0 Å². The summed E-state index contributed by atoms with van der Waals surface area (Å²) < 4.78 is 3.54. The summed E-state index contributed by atoms with van der Waals surface area (Å²) in [6.07, 6.45) is 1.18. The molecule has 0 bridgehead atoms. The minimum Gasteiger partial charge on any atom is -0.255 e. The molecule has 0 N–H and O–H groups in total. The smallest absolute Gasteiger partial charge is 0.255 e. The first-order valence-electron chi connectivity index (χ1n) is 2.30. The van der Waals surface area contributed by atoms with E-state index in [1.807, 2.05) is 0 Å². The maximum absolute atomic E-state index is 10.5. The molecule has 6 heteroatoms. The van der Waals surface area contributed by atoms with Crippen LogP contribution in [0.5, 0.6) is 0 Å². The van der Waals surface area contributed by atoms with Gasteiger partial charge in [0.1, 0.15) is 10.5 Å². The van der Waals surface area contributed by atoms with E-state index in [1.54, 1.807) is 0 Å². The van der Waals surface area contributed by atoms with Crippen molar-refractivity contribution in [2.24, 2.45) is 0 Å². The third-order valence-electron chi connectivity index (χ3n) is 0.845. The summed E-state index contributed by atoms with van der Waals surface area (Å²) in [4.78, 5) is 19.3. The van der Waals surface area contributed by atoms with E-state index >= 15 is 0 Å². The molecule has 0 spiro atoms. The highest BCUT2D eigenvalue weighted by molar-refractivity contribution is 7.03. The molecule has 1 rings (SSSR count). The van der Waals surface area contributed by atoms with E-state index in [9.17, 15) is 14.9 Å². The molecule has 1 aromatic heterocycles. The molecule has 5 nitrogen and oxygen atoms in total. The van der Waals surface area contributed by atoms with Gasteiger partial charge in [0.2, 0.25) is 0 Å². The summed E-state index contributed by atoms with van der Waals surface area (Å²) in [7, 11) is 0. The summed E-state index contributed by atoms with van der Waals surface area (Å²) in [5.41, 5.74) is 0.0370. The van der Waals surface area contributed by atoms with Crippen molar-refractivity contribution in [2.45, 2.75) is 0 Å². The van der Waals surface area contributed by atoms with Crippen LogP contribution in [0.15, 0.2) is 11.6 Å². The van der Waals surface area contributed by atoms with Crippen LogP contribution in [0.1, 0.15) is 10.4 Å². The molecule has 0 atom stereocenters. The van der Waals surface area contributed by atoms with Crippen molar-refractivity contribution in [2.75, 3.05) is 0 Å². The second kappa shape index (κ2) is 2.53. The lowest BCUT2D eigenvalue weighted by molar-refractivity contribution is -0.375. The van der Waals surface area contributed by atoms with Crippen molar-refractivity contribution in [3.8, 4) is 0 Å². The average molecular weight is 158 g/mol. The molecule has 1 aromatic rings. The van der Waals surface area contributed by atoms with Crippen molar-refractivity contribution >= 4 is 17.4 Å². The zero-order chi connectivity index (χ0) is 7.56. The van der Waals surface area contributed by atoms with Crippen LogP contribution in [-0.4, -0.2) is 15.2 Å². The normalized spacial score (nSPS) is 9.20. The molecule has 1 amide bonds. The van der Waals surface area contributed by atoms with Crippen molar-refractivity contribution < 1.29 is 9.72 Å². The number of hydrogen-bond acceptors (Lipinski definition) is 5. The number of aromatic nitrogens is 1. The summed E-state index contributed by atoms with van der Waals surface area (Å²) in [5.74, 6) is -1.10. The van der Waals surface area contributed by atoms with Gasteiger partial charge in [0.15, 0.2) is 0 Å². The lowest BCUT2D eigenvalue weighted by atomic mass is 10.4. The largest absolute Gasteiger partial charge is 0.479 e. The zero-order valence-electron chi connectivity index (χ0n) is 4.68. The Morgan fingerprint density at radius 3 is 2.90 bits per heavy atom. The van der Waals surface area contributed by atoms with Gasteiger partial charge < -0.3 is 0 Å². The Hall–Kier alpha value is -1.30. The van der Waals surface area contributed by atoms with E-state index < -0.39 is 10.8 Å². The van der Waals surface area contributed by atoms with E-state index in [0.29, 0.717) is 0 Å². The standard InChI is InChI=1S/C4H2N2O3S/c7-4(6(8)9)3-1-5-10-2-3/h1-2H. The van der Waals surface area contributed by atoms with E-state index in [2.05, 4.69) is 4.37 Å². The van der Waals surface area contributed by atoms with Crippen LogP contribution in [0.2, 0.25) is 0 Å². The van der Waals surface area contributed by atoms with E-state index in [0.717, 1.165) is 11.5 Å². The molecule has 52 valence electrons. The van der Waals surface area contributed by atoms with Crippen molar-refractivity contribution in [3.63, 3.8) is 0 Å². The van der Waals surface area contributed by atoms with Gasteiger partial charge >= 0.3 is 5.91 Å². The fourth-order valence-electron chi connectivity index (χ4n) is 0.416. The molecule has 10 heavy (non-hydrogen) atoms. The Morgan fingerprint density at radius 1 is 1.80 bits per heavy atom. The van der Waals surface area contributed by atoms with Gasteiger partial charge in [-0.05, 0) is 11.5 Å². The summed E-state index contributed by atoms with van der Waals surface area (Å²) in [5, 5.41) is 11.2. The molecule has 0 radical (unpaired) electrons. The molecule has 0 aliphatic carbocycles. The average Bonchev–Trinajstić information content (AvgIpc) is 2.36. The third-order valence-corrected chi connectivity index (χ3v) is 1.43. The minimum absolute atomic E-state index is 0.0370. The third kappa shape index (κ3) is 1.16. The molecule has 0 saturated carbocycles. The monoisotopic (exact) mass is 158 g/mol. The van der Waals surface area contributed by atoms with Crippen molar-refractivity contribution in [3.05, 3.63) is 27.3 Å². The number of hydrogen-bond donors (Lipinski definition) is 0. The quantitative estimate of drug-likeness (QED) is 0.442. The predicted molar refractivity (Wildman–Crippen MR) is 33.4 cm³/mol. The van der Waals surface area contributed by atoms with Gasteiger partial charge in [-0.1, -0.05) is 0 Å². The number of carbonyl (C=O) groups excluding carboxylic acids is 1. The van der Waals surface area contributed by atoms with Gasteiger partial charge in [-0.2, -0.15) is 0 Å². The van der Waals surface area contributed by atoms with E-state index in [1.165, 1.54) is 11.6 Å². The number of amides is 1. The molecule has 0 aliphatic rings. The number of nitrogens with zero attached hydrogens (tertiary/aromatic N) is 2. The van der Waals surface area contributed by atoms with Crippen LogP contribution >= 0.6 is 11.5 Å². The van der Waals surface area contributed by atoms with Gasteiger partial charge in [-0.3, -0.25) is 10.1 Å². The van der Waals surface area contributed by atoms with Crippen molar-refractivity contribution in [1.29, 1.82) is 0 Å². The van der Waals surface area contributed by atoms with E-state index in [-0.39, 0.29) is 5.56 Å². The van der Waals surface area contributed by atoms with Gasteiger partial charge in [0.05, 0.1) is 6.20 Å². The molecule has 0 saturated heterocycles. The molecule has 0 unspecified atom stereocenters. The van der Waals surface area contributed by atoms with Gasteiger partial charge in [-0.25, -0.2) is 9.17 Å². The highest BCUT2D eigenvalue weighted by Gasteiger charge is 2.18. The Morgan fingerprint density at radius 2 is 2.50 bits per heavy atom. The first-order chi connectivity index (χ1) is 4.72. The number of carbonyl (C=O) groups is 1. The van der Waals surface area contributed by atoms with Crippen molar-refractivity contribution in [1.82, 2.24) is 4.37 Å². The Balaban J connectivity index is 2.88. The molecule has 0 fully saturated rings. The highest BCUT2D eigenvalue weighted by atomic mass is 32.1. The van der Waals surface area contributed by atoms with Crippen LogP contribution in [0.4, 0.5) is 0 Å². The maximum Gasteiger partial charge on any atom is 0.479 e. The van der Waals surface area contributed by atoms with Gasteiger partial charge in [0.25, 0.3) is 0 Å². The molecule has 0 aliphatic heterocycles. The first kappa shape index (κ1) is 6.81. The van der Waals surface area contributed by atoms with Gasteiger partial charge in [-0.15, -0.1) is 0 Å². The predicted octanol–water partition coefficient (Wildman–Crippen LogP) is 0.560. The van der Waals surface area contributed by atoms with Crippen LogP contribution in [0.3, 0.4) is 0 Å². The second-order valence-corrected chi connectivity index (χ2v) is 2.13. The molecule has 0 aromatic carbocycles. The lowest BCUT2D eigenvalue weighted by Crippen LogP contribution is -2.09. The second-order valence-electron chi connectivity index (χ2n) is 1.48. The fourth-order valence-corrected chi connectivity index (χ4v) is 0.926. The Kier molecular flexibility index (Phi) is 1.72. The summed E-state index contributed by atoms with van der Waals surface area (Å²) >= 11 is 1.01. The molecular weight excluding hydrogens is 156 g/mol. The topological polar surface area (TPSA) is 73.1 Å². The highest BCUT2D eigenvalue weighted by Crippen LogP contribution is 2.02. The Labute approximate surface area is 59.6 Å².